The molecule has 0 spiro atoms. The molecule has 0 unspecified atom stereocenters. The van der Waals surface area contributed by atoms with Gasteiger partial charge in [0.2, 0.25) is 0 Å². The van der Waals surface area contributed by atoms with Gasteiger partial charge in [0.25, 0.3) is 0 Å². The molecule has 0 saturated carbocycles. The van der Waals surface area contributed by atoms with Crippen molar-refractivity contribution >= 4 is 0 Å². The Labute approximate surface area is 104 Å². The number of hydrogen-bond acceptors (Lipinski definition) is 2. The summed E-state index contributed by atoms with van der Waals surface area (Å²) in [6.45, 7) is 9.43. The monoisotopic (exact) mass is 233 g/mol. The molecular formula is C15H23NO. The van der Waals surface area contributed by atoms with Crippen molar-refractivity contribution in [2.24, 2.45) is 0 Å². The minimum absolute atomic E-state index is 0.243. The quantitative estimate of drug-likeness (QED) is 0.866. The number of ether oxygens (including phenoxy) is 1. The fraction of sp³-hybridized carbons (Fsp3) is 0.600. The first-order valence-corrected chi connectivity index (χ1v) is 6.49. The standard InChI is InChI=1S/C15H23NO/c1-12-5-4-6-13(2)14(12)11-16-15(3)7-9-17-10-8-15/h4-6,16H,7-11H2,1-3H3. The average molecular weight is 233 g/mol. The summed E-state index contributed by atoms with van der Waals surface area (Å²) in [6, 6.07) is 6.51. The Balaban J connectivity index is 2.02. The van der Waals surface area contributed by atoms with Crippen LogP contribution < -0.4 is 5.32 Å². The summed E-state index contributed by atoms with van der Waals surface area (Å²) in [6.07, 6.45) is 2.22. The Morgan fingerprint density at radius 3 is 2.35 bits per heavy atom. The molecule has 2 nitrogen and oxygen atoms in total. The van der Waals surface area contributed by atoms with Gasteiger partial charge in [-0.05, 0) is 50.3 Å². The van der Waals surface area contributed by atoms with Crippen LogP contribution in [0, 0.1) is 13.8 Å². The van der Waals surface area contributed by atoms with Crippen molar-refractivity contribution in [3.8, 4) is 0 Å². The number of aryl methyl sites for hydroxylation is 2. The van der Waals surface area contributed by atoms with E-state index in [1.54, 1.807) is 0 Å². The number of rotatable bonds is 3. The van der Waals surface area contributed by atoms with Crippen LogP contribution in [0.1, 0.15) is 36.5 Å². The first-order valence-electron chi connectivity index (χ1n) is 6.49. The molecule has 1 aromatic rings. The molecule has 2 rings (SSSR count). The number of hydrogen-bond donors (Lipinski definition) is 1. The zero-order valence-electron chi connectivity index (χ0n) is 11.2. The molecule has 1 N–H and O–H groups in total. The van der Waals surface area contributed by atoms with Crippen LogP contribution >= 0.6 is 0 Å². The van der Waals surface area contributed by atoms with Crippen molar-refractivity contribution in [1.29, 1.82) is 0 Å². The SMILES string of the molecule is Cc1cccc(C)c1CNC1(C)CCOCC1. The van der Waals surface area contributed by atoms with Crippen LogP contribution in [0.25, 0.3) is 0 Å². The Morgan fingerprint density at radius 2 is 1.76 bits per heavy atom. The minimum Gasteiger partial charge on any atom is -0.381 e. The molecule has 1 fully saturated rings. The molecule has 1 heterocycles. The highest BCUT2D eigenvalue weighted by Gasteiger charge is 2.26. The highest BCUT2D eigenvalue weighted by Crippen LogP contribution is 2.21. The van der Waals surface area contributed by atoms with E-state index in [1.165, 1.54) is 16.7 Å². The molecule has 1 aromatic carbocycles. The van der Waals surface area contributed by atoms with E-state index in [1.807, 2.05) is 0 Å². The van der Waals surface area contributed by atoms with Gasteiger partial charge in [-0.2, -0.15) is 0 Å². The third-order valence-corrected chi connectivity index (χ3v) is 3.93. The molecule has 94 valence electrons. The van der Waals surface area contributed by atoms with E-state index in [0.29, 0.717) is 0 Å². The fourth-order valence-corrected chi connectivity index (χ4v) is 2.43. The Hall–Kier alpha value is -0.860. The van der Waals surface area contributed by atoms with Gasteiger partial charge >= 0.3 is 0 Å². The van der Waals surface area contributed by atoms with E-state index < -0.39 is 0 Å². The maximum absolute atomic E-state index is 5.42. The molecule has 0 atom stereocenters. The lowest BCUT2D eigenvalue weighted by Gasteiger charge is -2.35. The van der Waals surface area contributed by atoms with Gasteiger partial charge in [0.15, 0.2) is 0 Å². The summed E-state index contributed by atoms with van der Waals surface area (Å²) >= 11 is 0. The maximum Gasteiger partial charge on any atom is 0.0483 e. The highest BCUT2D eigenvalue weighted by molar-refractivity contribution is 5.33. The number of nitrogens with one attached hydrogen (secondary N) is 1. The zero-order valence-corrected chi connectivity index (χ0v) is 11.2. The first kappa shape index (κ1) is 12.6. The van der Waals surface area contributed by atoms with Gasteiger partial charge in [-0.25, -0.2) is 0 Å². The molecule has 0 aliphatic carbocycles. The van der Waals surface area contributed by atoms with E-state index in [9.17, 15) is 0 Å². The van der Waals surface area contributed by atoms with E-state index in [4.69, 9.17) is 4.74 Å². The van der Waals surface area contributed by atoms with Crippen LogP contribution in [0.4, 0.5) is 0 Å². The lowest BCUT2D eigenvalue weighted by Crippen LogP contribution is -2.46. The minimum atomic E-state index is 0.243. The third kappa shape index (κ3) is 3.08. The molecule has 2 heteroatoms. The molecule has 0 amide bonds. The van der Waals surface area contributed by atoms with Crippen LogP contribution in [0.3, 0.4) is 0 Å². The van der Waals surface area contributed by atoms with Gasteiger partial charge in [-0.15, -0.1) is 0 Å². The summed E-state index contributed by atoms with van der Waals surface area (Å²) in [7, 11) is 0. The first-order chi connectivity index (χ1) is 8.11. The molecule has 1 saturated heterocycles. The largest absolute Gasteiger partial charge is 0.381 e. The van der Waals surface area contributed by atoms with E-state index >= 15 is 0 Å². The van der Waals surface area contributed by atoms with E-state index in [0.717, 1.165) is 32.6 Å². The van der Waals surface area contributed by atoms with Gasteiger partial charge in [-0.1, -0.05) is 18.2 Å². The van der Waals surface area contributed by atoms with Gasteiger partial charge < -0.3 is 10.1 Å². The predicted octanol–water partition coefficient (Wildman–Crippen LogP) is 2.96. The summed E-state index contributed by atoms with van der Waals surface area (Å²) in [5, 5.41) is 3.72. The average Bonchev–Trinajstić information content (AvgIpc) is 2.29. The van der Waals surface area contributed by atoms with Crippen molar-refractivity contribution < 1.29 is 4.74 Å². The van der Waals surface area contributed by atoms with Gasteiger partial charge in [0.1, 0.15) is 0 Å². The molecular weight excluding hydrogens is 210 g/mol. The topological polar surface area (TPSA) is 21.3 Å². The third-order valence-electron chi connectivity index (χ3n) is 3.93. The van der Waals surface area contributed by atoms with Crippen LogP contribution in [0.5, 0.6) is 0 Å². The van der Waals surface area contributed by atoms with Crippen LogP contribution in [0.15, 0.2) is 18.2 Å². The summed E-state index contributed by atoms with van der Waals surface area (Å²) in [5.74, 6) is 0. The van der Waals surface area contributed by atoms with Gasteiger partial charge in [0, 0.05) is 25.3 Å². The van der Waals surface area contributed by atoms with Crippen LogP contribution in [-0.4, -0.2) is 18.8 Å². The molecule has 0 bridgehead atoms. The second-order valence-electron chi connectivity index (χ2n) is 5.40. The number of benzene rings is 1. The Kier molecular flexibility index (Phi) is 3.85. The van der Waals surface area contributed by atoms with Crippen molar-refractivity contribution in [1.82, 2.24) is 5.32 Å². The molecule has 0 radical (unpaired) electrons. The fourth-order valence-electron chi connectivity index (χ4n) is 2.43. The van der Waals surface area contributed by atoms with Crippen molar-refractivity contribution in [3.05, 3.63) is 34.9 Å². The van der Waals surface area contributed by atoms with Crippen LogP contribution in [-0.2, 0) is 11.3 Å². The maximum atomic E-state index is 5.42. The van der Waals surface area contributed by atoms with Crippen molar-refractivity contribution in [2.75, 3.05) is 13.2 Å². The zero-order chi connectivity index (χ0) is 12.3. The summed E-state index contributed by atoms with van der Waals surface area (Å²) in [5.41, 5.74) is 4.45. The molecule has 1 aliphatic heterocycles. The van der Waals surface area contributed by atoms with Crippen molar-refractivity contribution in [3.63, 3.8) is 0 Å². The second kappa shape index (κ2) is 5.19. The van der Waals surface area contributed by atoms with Crippen LogP contribution in [0.2, 0.25) is 0 Å². The highest BCUT2D eigenvalue weighted by atomic mass is 16.5. The summed E-state index contributed by atoms with van der Waals surface area (Å²) in [4.78, 5) is 0. The molecule has 1 aliphatic rings. The Bertz CT molecular complexity index is 360. The van der Waals surface area contributed by atoms with Gasteiger partial charge in [0.05, 0.1) is 0 Å². The van der Waals surface area contributed by atoms with E-state index in [-0.39, 0.29) is 5.54 Å². The smallest absolute Gasteiger partial charge is 0.0483 e. The normalized spacial score (nSPS) is 19.2. The predicted molar refractivity (Wildman–Crippen MR) is 71.2 cm³/mol. The Morgan fingerprint density at radius 1 is 1.18 bits per heavy atom. The van der Waals surface area contributed by atoms with Gasteiger partial charge in [-0.3, -0.25) is 0 Å². The molecule has 17 heavy (non-hydrogen) atoms. The van der Waals surface area contributed by atoms with Crippen molar-refractivity contribution in [2.45, 2.75) is 45.7 Å². The second-order valence-corrected chi connectivity index (χ2v) is 5.40. The lowest BCUT2D eigenvalue weighted by atomic mass is 9.91. The summed E-state index contributed by atoms with van der Waals surface area (Å²) < 4.78 is 5.42. The molecule has 0 aromatic heterocycles. The van der Waals surface area contributed by atoms with E-state index in [2.05, 4.69) is 44.3 Å². The lowest BCUT2D eigenvalue weighted by molar-refractivity contribution is 0.0446.